The molecule has 3 heteroatoms. The number of aldehydes is 1. The molecular formula is C12H12FNO. The van der Waals surface area contributed by atoms with Gasteiger partial charge in [-0.15, -0.1) is 6.42 Å². The van der Waals surface area contributed by atoms with E-state index in [1.54, 1.807) is 17.0 Å². The van der Waals surface area contributed by atoms with Gasteiger partial charge in [-0.2, -0.15) is 0 Å². The highest BCUT2D eigenvalue weighted by Crippen LogP contribution is 2.19. The molecule has 0 heterocycles. The smallest absolute Gasteiger partial charge is 0.150 e. The van der Waals surface area contributed by atoms with Crippen molar-refractivity contribution in [2.45, 2.75) is 6.92 Å². The molecule has 1 aromatic carbocycles. The Morgan fingerprint density at radius 1 is 1.60 bits per heavy atom. The molecule has 1 rings (SSSR count). The van der Waals surface area contributed by atoms with Crippen molar-refractivity contribution in [2.75, 3.05) is 18.0 Å². The van der Waals surface area contributed by atoms with Gasteiger partial charge in [0.15, 0.2) is 0 Å². The zero-order valence-corrected chi connectivity index (χ0v) is 8.53. The van der Waals surface area contributed by atoms with Crippen LogP contribution in [0.15, 0.2) is 18.2 Å². The van der Waals surface area contributed by atoms with Gasteiger partial charge in [-0.05, 0) is 25.1 Å². The Bertz CT molecular complexity index is 395. The van der Waals surface area contributed by atoms with Crippen molar-refractivity contribution in [2.24, 2.45) is 0 Å². The SMILES string of the molecule is C#CCN(CC)c1ccc(C=O)cc1F. The Labute approximate surface area is 88.7 Å². The van der Waals surface area contributed by atoms with E-state index >= 15 is 0 Å². The van der Waals surface area contributed by atoms with Crippen molar-refractivity contribution in [3.05, 3.63) is 29.6 Å². The second-order valence-corrected chi connectivity index (χ2v) is 3.05. The van der Waals surface area contributed by atoms with Crippen molar-refractivity contribution in [3.8, 4) is 12.3 Å². The van der Waals surface area contributed by atoms with Crippen LogP contribution in [-0.4, -0.2) is 19.4 Å². The Kier molecular flexibility index (Phi) is 3.87. The number of hydrogen-bond acceptors (Lipinski definition) is 2. The highest BCUT2D eigenvalue weighted by Gasteiger charge is 2.09. The van der Waals surface area contributed by atoms with Crippen LogP contribution in [0.5, 0.6) is 0 Å². The normalized spacial score (nSPS) is 9.40. The lowest BCUT2D eigenvalue weighted by molar-refractivity contribution is 0.112. The zero-order valence-electron chi connectivity index (χ0n) is 8.53. The van der Waals surface area contributed by atoms with Gasteiger partial charge in [0.2, 0.25) is 0 Å². The van der Waals surface area contributed by atoms with Gasteiger partial charge >= 0.3 is 0 Å². The largest absolute Gasteiger partial charge is 0.358 e. The van der Waals surface area contributed by atoms with Crippen LogP contribution in [0, 0.1) is 18.2 Å². The van der Waals surface area contributed by atoms with Crippen molar-refractivity contribution < 1.29 is 9.18 Å². The molecule has 0 unspecified atom stereocenters. The molecule has 15 heavy (non-hydrogen) atoms. The summed E-state index contributed by atoms with van der Waals surface area (Å²) in [7, 11) is 0. The highest BCUT2D eigenvalue weighted by atomic mass is 19.1. The molecule has 0 bridgehead atoms. The fourth-order valence-corrected chi connectivity index (χ4v) is 1.33. The van der Waals surface area contributed by atoms with Crippen LogP contribution >= 0.6 is 0 Å². The van der Waals surface area contributed by atoms with Crippen LogP contribution in [-0.2, 0) is 0 Å². The Balaban J connectivity index is 3.03. The van der Waals surface area contributed by atoms with Crippen LogP contribution in [0.2, 0.25) is 0 Å². The number of carbonyl (C=O) groups is 1. The third-order valence-corrected chi connectivity index (χ3v) is 2.11. The molecular weight excluding hydrogens is 193 g/mol. The summed E-state index contributed by atoms with van der Waals surface area (Å²) < 4.78 is 13.5. The monoisotopic (exact) mass is 205 g/mol. The summed E-state index contributed by atoms with van der Waals surface area (Å²) in [4.78, 5) is 12.1. The first-order chi connectivity index (χ1) is 7.22. The summed E-state index contributed by atoms with van der Waals surface area (Å²) in [6.45, 7) is 2.87. The van der Waals surface area contributed by atoms with Gasteiger partial charge < -0.3 is 4.90 Å². The van der Waals surface area contributed by atoms with E-state index in [4.69, 9.17) is 6.42 Å². The number of anilines is 1. The standard InChI is InChI=1S/C12H12FNO/c1-3-7-14(4-2)12-6-5-10(9-15)8-11(12)13/h1,5-6,8-9H,4,7H2,2H3. The highest BCUT2D eigenvalue weighted by molar-refractivity contribution is 5.76. The second-order valence-electron chi connectivity index (χ2n) is 3.05. The molecule has 0 atom stereocenters. The summed E-state index contributed by atoms with van der Waals surface area (Å²) >= 11 is 0. The number of rotatable bonds is 4. The topological polar surface area (TPSA) is 20.3 Å². The zero-order chi connectivity index (χ0) is 11.3. The van der Waals surface area contributed by atoms with E-state index in [1.807, 2.05) is 6.92 Å². The average molecular weight is 205 g/mol. The number of carbonyl (C=O) groups excluding carboxylic acids is 1. The first-order valence-corrected chi connectivity index (χ1v) is 4.66. The van der Waals surface area contributed by atoms with Gasteiger partial charge in [-0.25, -0.2) is 4.39 Å². The summed E-state index contributed by atoms with van der Waals surface area (Å²) in [6.07, 6.45) is 5.79. The van der Waals surface area contributed by atoms with Crippen LogP contribution in [0.1, 0.15) is 17.3 Å². The van der Waals surface area contributed by atoms with Crippen molar-refractivity contribution in [1.82, 2.24) is 0 Å². The van der Waals surface area contributed by atoms with E-state index in [-0.39, 0.29) is 0 Å². The van der Waals surface area contributed by atoms with E-state index in [0.717, 1.165) is 0 Å². The molecule has 0 fully saturated rings. The van der Waals surface area contributed by atoms with Gasteiger partial charge in [0, 0.05) is 12.1 Å². The molecule has 0 N–H and O–H groups in total. The van der Waals surface area contributed by atoms with Gasteiger partial charge in [0.05, 0.1) is 12.2 Å². The van der Waals surface area contributed by atoms with Gasteiger partial charge in [-0.1, -0.05) is 5.92 Å². The van der Waals surface area contributed by atoms with Crippen molar-refractivity contribution in [1.29, 1.82) is 0 Å². The van der Waals surface area contributed by atoms with Crippen LogP contribution in [0.3, 0.4) is 0 Å². The number of benzene rings is 1. The van der Waals surface area contributed by atoms with E-state index < -0.39 is 5.82 Å². The molecule has 0 saturated heterocycles. The minimum atomic E-state index is -0.420. The maximum absolute atomic E-state index is 13.5. The summed E-state index contributed by atoms with van der Waals surface area (Å²) in [5.41, 5.74) is 0.758. The predicted molar refractivity (Wildman–Crippen MR) is 58.5 cm³/mol. The summed E-state index contributed by atoms with van der Waals surface area (Å²) in [5.74, 6) is 2.04. The Hall–Kier alpha value is -1.82. The minimum Gasteiger partial charge on any atom is -0.358 e. The number of nitrogens with zero attached hydrogens (tertiary/aromatic N) is 1. The molecule has 2 nitrogen and oxygen atoms in total. The van der Waals surface area contributed by atoms with E-state index in [2.05, 4.69) is 5.92 Å². The molecule has 78 valence electrons. The minimum absolute atomic E-state index is 0.327. The maximum atomic E-state index is 13.5. The number of hydrogen-bond donors (Lipinski definition) is 0. The summed E-state index contributed by atoms with van der Waals surface area (Å²) in [6, 6.07) is 4.35. The van der Waals surface area contributed by atoms with Crippen LogP contribution in [0.25, 0.3) is 0 Å². The molecule has 0 aromatic heterocycles. The fourth-order valence-electron chi connectivity index (χ4n) is 1.33. The van der Waals surface area contributed by atoms with Gasteiger partial charge in [0.1, 0.15) is 12.1 Å². The third kappa shape index (κ3) is 2.57. The first kappa shape index (κ1) is 11.3. The van der Waals surface area contributed by atoms with E-state index in [0.29, 0.717) is 30.6 Å². The maximum Gasteiger partial charge on any atom is 0.150 e. The molecule has 0 saturated carbocycles. The molecule has 1 aromatic rings. The third-order valence-electron chi connectivity index (χ3n) is 2.11. The van der Waals surface area contributed by atoms with Crippen LogP contribution < -0.4 is 4.90 Å². The predicted octanol–water partition coefficient (Wildman–Crippen LogP) is 2.10. The van der Waals surface area contributed by atoms with E-state index in [1.165, 1.54) is 6.07 Å². The quantitative estimate of drug-likeness (QED) is 0.554. The second kappa shape index (κ2) is 5.16. The van der Waals surface area contributed by atoms with Gasteiger partial charge in [0.25, 0.3) is 0 Å². The molecule has 0 aliphatic heterocycles. The lowest BCUT2D eigenvalue weighted by Gasteiger charge is -2.20. The number of terminal acetylenes is 1. The average Bonchev–Trinajstić information content (AvgIpc) is 2.26. The lowest BCUT2D eigenvalue weighted by atomic mass is 10.2. The van der Waals surface area contributed by atoms with E-state index in [9.17, 15) is 9.18 Å². The fraction of sp³-hybridized carbons (Fsp3) is 0.250. The molecule has 0 spiro atoms. The Morgan fingerprint density at radius 2 is 2.33 bits per heavy atom. The van der Waals surface area contributed by atoms with Crippen molar-refractivity contribution in [3.63, 3.8) is 0 Å². The molecule has 0 aliphatic carbocycles. The molecule has 0 amide bonds. The number of halogens is 1. The van der Waals surface area contributed by atoms with Crippen LogP contribution in [0.4, 0.5) is 10.1 Å². The Morgan fingerprint density at radius 3 is 2.80 bits per heavy atom. The first-order valence-electron chi connectivity index (χ1n) is 4.66. The van der Waals surface area contributed by atoms with Crippen molar-refractivity contribution >= 4 is 12.0 Å². The van der Waals surface area contributed by atoms with Gasteiger partial charge in [-0.3, -0.25) is 4.79 Å². The lowest BCUT2D eigenvalue weighted by Crippen LogP contribution is -2.23. The molecule has 0 aliphatic rings. The molecule has 0 radical (unpaired) electrons. The summed E-state index contributed by atoms with van der Waals surface area (Å²) in [5, 5.41) is 0.